The molecule has 1 atom stereocenters. The van der Waals surface area contributed by atoms with Crippen molar-refractivity contribution in [1.82, 2.24) is 4.90 Å². The van der Waals surface area contributed by atoms with Crippen molar-refractivity contribution >= 4 is 11.8 Å². The van der Waals surface area contributed by atoms with Gasteiger partial charge in [-0.05, 0) is 6.92 Å². The Kier molecular flexibility index (Phi) is 2.20. The van der Waals surface area contributed by atoms with Crippen LogP contribution in [0.1, 0.15) is 6.92 Å². The van der Waals surface area contributed by atoms with Crippen molar-refractivity contribution in [3.63, 3.8) is 0 Å². The standard InChI is InChI=1S/C6H11NS/c1-6-5-8-4-3-7(6)2/h2,6H,3-5H2,1H3. The van der Waals surface area contributed by atoms with Crippen molar-refractivity contribution in [2.75, 3.05) is 18.1 Å². The first-order valence-electron chi connectivity index (χ1n) is 2.90. The molecule has 1 saturated heterocycles. The molecule has 8 heavy (non-hydrogen) atoms. The van der Waals surface area contributed by atoms with Gasteiger partial charge in [0.1, 0.15) is 0 Å². The lowest BCUT2D eigenvalue weighted by molar-refractivity contribution is 0.320. The highest BCUT2D eigenvalue weighted by Crippen LogP contribution is 2.13. The van der Waals surface area contributed by atoms with E-state index in [0.717, 1.165) is 6.54 Å². The van der Waals surface area contributed by atoms with E-state index in [2.05, 4.69) is 6.92 Å². The molecule has 0 spiro atoms. The fourth-order valence-corrected chi connectivity index (χ4v) is 1.78. The summed E-state index contributed by atoms with van der Waals surface area (Å²) in [5, 5.41) is 0. The van der Waals surface area contributed by atoms with Gasteiger partial charge in [-0.15, -0.1) is 0 Å². The molecule has 0 N–H and O–H groups in total. The third kappa shape index (κ3) is 1.39. The van der Waals surface area contributed by atoms with E-state index in [1.165, 1.54) is 11.5 Å². The molecule has 1 rings (SSSR count). The Balaban J connectivity index is 2.28. The molecule has 0 amide bonds. The van der Waals surface area contributed by atoms with Gasteiger partial charge in [-0.25, -0.2) is 0 Å². The maximum Gasteiger partial charge on any atom is 0.0442 e. The second-order valence-corrected chi connectivity index (χ2v) is 3.31. The van der Waals surface area contributed by atoms with Gasteiger partial charge in [0.15, 0.2) is 0 Å². The van der Waals surface area contributed by atoms with Gasteiger partial charge in [-0.2, -0.15) is 11.8 Å². The average Bonchev–Trinajstić information content (AvgIpc) is 1.77. The maximum absolute atomic E-state index is 5.60. The Morgan fingerprint density at radius 3 is 2.88 bits per heavy atom. The van der Waals surface area contributed by atoms with Crippen molar-refractivity contribution in [2.45, 2.75) is 13.0 Å². The van der Waals surface area contributed by atoms with Crippen LogP contribution in [0.15, 0.2) is 0 Å². The topological polar surface area (TPSA) is 3.24 Å². The number of hydrogen-bond acceptors (Lipinski definition) is 2. The number of hydrogen-bond donors (Lipinski definition) is 0. The first-order chi connectivity index (χ1) is 3.80. The van der Waals surface area contributed by atoms with Crippen LogP contribution in [0.25, 0.3) is 0 Å². The minimum absolute atomic E-state index is 0.578. The summed E-state index contributed by atoms with van der Waals surface area (Å²) in [6.45, 7) is 3.21. The van der Waals surface area contributed by atoms with Crippen molar-refractivity contribution in [1.29, 1.82) is 0 Å². The molecule has 46 valence electrons. The molecule has 0 aromatic heterocycles. The van der Waals surface area contributed by atoms with Crippen molar-refractivity contribution < 1.29 is 0 Å². The normalized spacial score (nSPS) is 33.0. The quantitative estimate of drug-likeness (QED) is 0.481. The fraction of sp³-hybridized carbons (Fsp3) is 0.833. The van der Waals surface area contributed by atoms with E-state index in [0.29, 0.717) is 6.04 Å². The van der Waals surface area contributed by atoms with Gasteiger partial charge < -0.3 is 0 Å². The van der Waals surface area contributed by atoms with Crippen LogP contribution >= 0.6 is 11.8 Å². The molecule has 1 heterocycles. The highest BCUT2D eigenvalue weighted by Gasteiger charge is 2.13. The monoisotopic (exact) mass is 129 g/mol. The molecule has 0 aromatic carbocycles. The van der Waals surface area contributed by atoms with Gasteiger partial charge in [-0.3, -0.25) is 4.90 Å². The summed E-state index contributed by atoms with van der Waals surface area (Å²) in [5.74, 6) is 2.39. The Bertz CT molecular complexity index is 64.9. The third-order valence-corrected chi connectivity index (χ3v) is 2.61. The lowest BCUT2D eigenvalue weighted by Crippen LogP contribution is -2.35. The molecule has 0 aromatic rings. The highest BCUT2D eigenvalue weighted by molar-refractivity contribution is 7.99. The molecular weight excluding hydrogens is 118 g/mol. The average molecular weight is 129 g/mol. The number of nitrogens with zero attached hydrogens (tertiary/aromatic N) is 1. The van der Waals surface area contributed by atoms with Gasteiger partial charge in [0.25, 0.3) is 0 Å². The fourth-order valence-electron chi connectivity index (χ4n) is 0.740. The maximum atomic E-state index is 5.60. The zero-order chi connectivity index (χ0) is 5.98. The summed E-state index contributed by atoms with van der Waals surface area (Å²) < 4.78 is 0. The molecule has 0 saturated carbocycles. The zero-order valence-corrected chi connectivity index (χ0v) is 5.95. The van der Waals surface area contributed by atoms with Crippen molar-refractivity contribution in [3.8, 4) is 0 Å². The Hall–Kier alpha value is 0.310. The zero-order valence-electron chi connectivity index (χ0n) is 5.13. The van der Waals surface area contributed by atoms with Crippen LogP contribution in [0.4, 0.5) is 0 Å². The van der Waals surface area contributed by atoms with Crippen LogP contribution in [0.3, 0.4) is 0 Å². The summed E-state index contributed by atoms with van der Waals surface area (Å²) in [4.78, 5) is 1.91. The van der Waals surface area contributed by atoms with Crippen LogP contribution in [0, 0.1) is 7.05 Å². The van der Waals surface area contributed by atoms with Crippen LogP contribution in [-0.2, 0) is 0 Å². The Labute approximate surface area is 55.4 Å². The Morgan fingerprint density at radius 1 is 1.75 bits per heavy atom. The number of thioether (sulfide) groups is 1. The van der Waals surface area contributed by atoms with E-state index in [1.54, 1.807) is 0 Å². The lowest BCUT2D eigenvalue weighted by atomic mass is 10.3. The molecule has 0 aliphatic carbocycles. The second-order valence-electron chi connectivity index (χ2n) is 2.16. The molecule has 1 unspecified atom stereocenters. The van der Waals surface area contributed by atoms with Gasteiger partial charge in [0.05, 0.1) is 0 Å². The molecule has 2 radical (unpaired) electrons. The molecule has 1 aliphatic rings. The first kappa shape index (κ1) is 6.43. The van der Waals surface area contributed by atoms with Crippen molar-refractivity contribution in [3.05, 3.63) is 7.05 Å². The van der Waals surface area contributed by atoms with Crippen molar-refractivity contribution in [2.24, 2.45) is 0 Å². The smallest absolute Gasteiger partial charge is 0.0442 e. The van der Waals surface area contributed by atoms with E-state index in [-0.39, 0.29) is 0 Å². The summed E-state index contributed by atoms with van der Waals surface area (Å²) in [6, 6.07) is 0.578. The van der Waals surface area contributed by atoms with Gasteiger partial charge in [0, 0.05) is 31.1 Å². The molecule has 2 heteroatoms. The lowest BCUT2D eigenvalue weighted by Gasteiger charge is -2.28. The summed E-state index contributed by atoms with van der Waals surface area (Å²) in [6.07, 6.45) is 0. The van der Waals surface area contributed by atoms with Crippen LogP contribution in [-0.4, -0.2) is 29.0 Å². The van der Waals surface area contributed by atoms with Crippen LogP contribution in [0.2, 0.25) is 0 Å². The van der Waals surface area contributed by atoms with Gasteiger partial charge >= 0.3 is 0 Å². The molecule has 0 bridgehead atoms. The molecule has 1 fully saturated rings. The largest absolute Gasteiger partial charge is 0.293 e. The summed E-state index contributed by atoms with van der Waals surface area (Å²) >= 11 is 1.99. The third-order valence-electron chi connectivity index (χ3n) is 1.42. The minimum atomic E-state index is 0.578. The van der Waals surface area contributed by atoms with E-state index < -0.39 is 0 Å². The van der Waals surface area contributed by atoms with E-state index in [9.17, 15) is 0 Å². The first-order valence-corrected chi connectivity index (χ1v) is 4.05. The van der Waals surface area contributed by atoms with Crippen LogP contribution < -0.4 is 0 Å². The van der Waals surface area contributed by atoms with E-state index in [1.807, 2.05) is 16.7 Å². The minimum Gasteiger partial charge on any atom is -0.293 e. The predicted molar refractivity (Wildman–Crippen MR) is 37.8 cm³/mol. The number of rotatable bonds is 0. The molecular formula is C6H11NS. The molecule has 1 nitrogen and oxygen atoms in total. The van der Waals surface area contributed by atoms with E-state index >= 15 is 0 Å². The highest BCUT2D eigenvalue weighted by atomic mass is 32.2. The summed E-state index contributed by atoms with van der Waals surface area (Å²) in [5.41, 5.74) is 0. The SMILES string of the molecule is [CH]N1CCSCC1C. The predicted octanol–water partition coefficient (Wildman–Crippen LogP) is 1.09. The molecule has 1 aliphatic heterocycles. The summed E-state index contributed by atoms with van der Waals surface area (Å²) in [7, 11) is 5.60. The second kappa shape index (κ2) is 2.74. The van der Waals surface area contributed by atoms with Crippen LogP contribution in [0.5, 0.6) is 0 Å². The Morgan fingerprint density at radius 2 is 2.50 bits per heavy atom. The van der Waals surface area contributed by atoms with E-state index in [4.69, 9.17) is 7.05 Å². The van der Waals surface area contributed by atoms with Gasteiger partial charge in [-0.1, -0.05) is 0 Å². The van der Waals surface area contributed by atoms with Gasteiger partial charge in [0.2, 0.25) is 0 Å².